The minimum absolute atomic E-state index is 0.0136. The summed E-state index contributed by atoms with van der Waals surface area (Å²) in [5, 5.41) is 13.6. The van der Waals surface area contributed by atoms with Gasteiger partial charge in [0.15, 0.2) is 5.13 Å². The van der Waals surface area contributed by atoms with Crippen molar-refractivity contribution < 1.29 is 18.1 Å². The standard InChI is InChI=1S/C16H17F3N4O2S/c1-11-10-26-15(20-11)22-6-2-5-21(7-8-22)14-4-3-12(23(24)25)9-13(14)16(17,18)19/h3-4,9-10H,2,5-8H2,1H3. The normalized spacial score (nSPS) is 15.8. The summed E-state index contributed by atoms with van der Waals surface area (Å²) in [7, 11) is 0. The predicted molar refractivity (Wildman–Crippen MR) is 94.0 cm³/mol. The first-order chi connectivity index (χ1) is 12.3. The van der Waals surface area contributed by atoms with Crippen LogP contribution in [0.5, 0.6) is 0 Å². The fourth-order valence-corrected chi connectivity index (χ4v) is 3.83. The number of hydrogen-bond acceptors (Lipinski definition) is 6. The van der Waals surface area contributed by atoms with E-state index in [1.807, 2.05) is 12.3 Å². The van der Waals surface area contributed by atoms with Crippen molar-refractivity contribution in [1.82, 2.24) is 4.98 Å². The number of benzene rings is 1. The number of aromatic nitrogens is 1. The maximum Gasteiger partial charge on any atom is 0.418 e. The monoisotopic (exact) mass is 386 g/mol. The second kappa shape index (κ2) is 7.10. The van der Waals surface area contributed by atoms with Gasteiger partial charge in [0.1, 0.15) is 0 Å². The van der Waals surface area contributed by atoms with Crippen LogP contribution in [0.15, 0.2) is 23.6 Å². The molecule has 0 unspecified atom stereocenters. The topological polar surface area (TPSA) is 62.5 Å². The summed E-state index contributed by atoms with van der Waals surface area (Å²) in [4.78, 5) is 18.2. The summed E-state index contributed by atoms with van der Waals surface area (Å²) in [5.74, 6) is 0. The minimum atomic E-state index is -4.65. The average molecular weight is 386 g/mol. The fraction of sp³-hybridized carbons (Fsp3) is 0.438. The highest BCUT2D eigenvalue weighted by molar-refractivity contribution is 7.13. The van der Waals surface area contributed by atoms with Gasteiger partial charge < -0.3 is 9.80 Å². The second-order valence-corrected chi connectivity index (χ2v) is 6.89. The van der Waals surface area contributed by atoms with Crippen molar-refractivity contribution in [1.29, 1.82) is 0 Å². The van der Waals surface area contributed by atoms with E-state index in [2.05, 4.69) is 9.88 Å². The average Bonchev–Trinajstić information content (AvgIpc) is 2.86. The SMILES string of the molecule is Cc1csc(N2CCCN(c3ccc([N+](=O)[O-])cc3C(F)(F)F)CC2)n1. The predicted octanol–water partition coefficient (Wildman–Crippen LogP) is 4.10. The van der Waals surface area contributed by atoms with Crippen LogP contribution in [0.25, 0.3) is 0 Å². The molecule has 140 valence electrons. The third-order valence-electron chi connectivity index (χ3n) is 4.21. The Morgan fingerprint density at radius 1 is 1.19 bits per heavy atom. The number of alkyl halides is 3. The number of nitro benzene ring substituents is 1. The van der Waals surface area contributed by atoms with Gasteiger partial charge in [-0.2, -0.15) is 13.2 Å². The van der Waals surface area contributed by atoms with E-state index in [9.17, 15) is 23.3 Å². The van der Waals surface area contributed by atoms with Crippen molar-refractivity contribution in [2.45, 2.75) is 19.5 Å². The van der Waals surface area contributed by atoms with Gasteiger partial charge in [-0.05, 0) is 19.4 Å². The third kappa shape index (κ3) is 3.90. The molecule has 1 aliphatic heterocycles. The number of non-ortho nitro benzene ring substituents is 1. The Balaban J connectivity index is 1.86. The van der Waals surface area contributed by atoms with E-state index in [1.54, 1.807) is 4.90 Å². The summed E-state index contributed by atoms with van der Waals surface area (Å²) in [5.41, 5.74) is -0.623. The molecule has 0 saturated carbocycles. The van der Waals surface area contributed by atoms with Crippen molar-refractivity contribution in [2.75, 3.05) is 36.0 Å². The maximum atomic E-state index is 13.4. The zero-order chi connectivity index (χ0) is 18.9. The molecule has 0 N–H and O–H groups in total. The van der Waals surface area contributed by atoms with Gasteiger partial charge in [0, 0.05) is 49.4 Å². The van der Waals surface area contributed by atoms with Crippen molar-refractivity contribution in [3.05, 3.63) is 45.0 Å². The molecule has 1 saturated heterocycles. The summed E-state index contributed by atoms with van der Waals surface area (Å²) >= 11 is 1.52. The lowest BCUT2D eigenvalue weighted by Crippen LogP contribution is -2.31. The minimum Gasteiger partial charge on any atom is -0.369 e. The Morgan fingerprint density at radius 3 is 2.50 bits per heavy atom. The molecule has 0 radical (unpaired) electrons. The lowest BCUT2D eigenvalue weighted by Gasteiger charge is -2.26. The van der Waals surface area contributed by atoms with Crippen LogP contribution in [0.1, 0.15) is 17.7 Å². The molecular formula is C16H17F3N4O2S. The molecular weight excluding hydrogens is 369 g/mol. The Labute approximate surface area is 152 Å². The first-order valence-electron chi connectivity index (χ1n) is 8.03. The molecule has 0 aliphatic carbocycles. The molecule has 10 heteroatoms. The van der Waals surface area contributed by atoms with Crippen LogP contribution in [-0.2, 0) is 6.18 Å². The van der Waals surface area contributed by atoms with Gasteiger partial charge in [-0.3, -0.25) is 10.1 Å². The quantitative estimate of drug-likeness (QED) is 0.587. The molecule has 26 heavy (non-hydrogen) atoms. The first-order valence-corrected chi connectivity index (χ1v) is 8.91. The largest absolute Gasteiger partial charge is 0.418 e. The van der Waals surface area contributed by atoms with E-state index in [0.29, 0.717) is 38.7 Å². The van der Waals surface area contributed by atoms with Crippen LogP contribution < -0.4 is 9.80 Å². The van der Waals surface area contributed by atoms with Crippen LogP contribution >= 0.6 is 11.3 Å². The van der Waals surface area contributed by atoms with E-state index < -0.39 is 22.4 Å². The molecule has 1 fully saturated rings. The van der Waals surface area contributed by atoms with Gasteiger partial charge in [0.2, 0.25) is 0 Å². The number of thiazole rings is 1. The summed E-state index contributed by atoms with van der Waals surface area (Å²) < 4.78 is 40.3. The van der Waals surface area contributed by atoms with Gasteiger partial charge in [0.05, 0.1) is 16.2 Å². The van der Waals surface area contributed by atoms with E-state index in [1.165, 1.54) is 17.4 Å². The van der Waals surface area contributed by atoms with Crippen molar-refractivity contribution >= 4 is 27.8 Å². The molecule has 1 aromatic carbocycles. The fourth-order valence-electron chi connectivity index (χ4n) is 2.98. The maximum absolute atomic E-state index is 13.4. The van der Waals surface area contributed by atoms with Gasteiger partial charge >= 0.3 is 6.18 Å². The van der Waals surface area contributed by atoms with Crippen LogP contribution in [0.3, 0.4) is 0 Å². The number of halogens is 3. The smallest absolute Gasteiger partial charge is 0.369 e. The summed E-state index contributed by atoms with van der Waals surface area (Å²) in [6.45, 7) is 3.98. The Kier molecular flexibility index (Phi) is 5.03. The Bertz CT molecular complexity index is 809. The van der Waals surface area contributed by atoms with Gasteiger partial charge in [-0.1, -0.05) is 0 Å². The van der Waals surface area contributed by atoms with Crippen LogP contribution in [0.2, 0.25) is 0 Å². The van der Waals surface area contributed by atoms with Crippen molar-refractivity contribution in [2.24, 2.45) is 0 Å². The van der Waals surface area contributed by atoms with Crippen LogP contribution in [-0.4, -0.2) is 36.1 Å². The molecule has 1 aliphatic rings. The number of nitro groups is 1. The number of aryl methyl sites for hydroxylation is 1. The first kappa shape index (κ1) is 18.4. The molecule has 0 bridgehead atoms. The van der Waals surface area contributed by atoms with Crippen molar-refractivity contribution in [3.8, 4) is 0 Å². The van der Waals surface area contributed by atoms with Crippen molar-refractivity contribution in [3.63, 3.8) is 0 Å². The molecule has 2 heterocycles. The number of anilines is 2. The van der Waals surface area contributed by atoms with E-state index in [-0.39, 0.29) is 5.69 Å². The van der Waals surface area contributed by atoms with E-state index in [0.717, 1.165) is 16.9 Å². The van der Waals surface area contributed by atoms with E-state index in [4.69, 9.17) is 0 Å². The number of rotatable bonds is 3. The molecule has 0 amide bonds. The Hall–Kier alpha value is -2.36. The number of nitrogens with zero attached hydrogens (tertiary/aromatic N) is 4. The summed E-state index contributed by atoms with van der Waals surface area (Å²) in [6.07, 6.45) is -3.98. The zero-order valence-corrected chi connectivity index (χ0v) is 14.8. The van der Waals surface area contributed by atoms with E-state index >= 15 is 0 Å². The zero-order valence-electron chi connectivity index (χ0n) is 14.0. The van der Waals surface area contributed by atoms with Gasteiger partial charge in [0.25, 0.3) is 5.69 Å². The molecule has 2 aromatic rings. The summed E-state index contributed by atoms with van der Waals surface area (Å²) in [6, 6.07) is 2.93. The number of hydrogen-bond donors (Lipinski definition) is 0. The molecule has 0 spiro atoms. The third-order valence-corrected chi connectivity index (χ3v) is 5.23. The lowest BCUT2D eigenvalue weighted by molar-refractivity contribution is -0.385. The highest BCUT2D eigenvalue weighted by Crippen LogP contribution is 2.39. The van der Waals surface area contributed by atoms with Gasteiger partial charge in [-0.25, -0.2) is 4.98 Å². The lowest BCUT2D eigenvalue weighted by atomic mass is 10.1. The molecule has 1 aromatic heterocycles. The Morgan fingerprint density at radius 2 is 1.88 bits per heavy atom. The molecule has 0 atom stereocenters. The molecule has 3 rings (SSSR count). The highest BCUT2D eigenvalue weighted by atomic mass is 32.1. The van der Waals surface area contributed by atoms with Gasteiger partial charge in [-0.15, -0.1) is 11.3 Å². The molecule has 6 nitrogen and oxygen atoms in total. The van der Waals surface area contributed by atoms with Crippen LogP contribution in [0, 0.1) is 17.0 Å². The van der Waals surface area contributed by atoms with Crippen LogP contribution in [0.4, 0.5) is 29.7 Å². The highest BCUT2D eigenvalue weighted by Gasteiger charge is 2.37. The second-order valence-electron chi connectivity index (χ2n) is 6.06.